The standard InChI is InChI=1S/C13H17ClN2O2S/c1-3-5-6-16-12(17)9-8-10(14)19-11(9)15-13(16)18-7-4-2/h8H,3-7H2,1-2H3. The van der Waals surface area contributed by atoms with E-state index < -0.39 is 0 Å². The van der Waals surface area contributed by atoms with Gasteiger partial charge in [0, 0.05) is 6.54 Å². The van der Waals surface area contributed by atoms with Crippen molar-refractivity contribution in [1.82, 2.24) is 9.55 Å². The Balaban J connectivity index is 2.51. The highest BCUT2D eigenvalue weighted by molar-refractivity contribution is 7.22. The quantitative estimate of drug-likeness (QED) is 0.817. The molecule has 0 fully saturated rings. The first-order valence-electron chi connectivity index (χ1n) is 6.50. The number of fused-ring (bicyclic) bond motifs is 1. The average Bonchev–Trinajstić information content (AvgIpc) is 2.76. The fraction of sp³-hybridized carbons (Fsp3) is 0.538. The Kier molecular flexibility index (Phi) is 4.82. The average molecular weight is 301 g/mol. The normalized spacial score (nSPS) is 11.1. The van der Waals surface area contributed by atoms with Crippen LogP contribution in [-0.4, -0.2) is 16.2 Å². The molecule has 0 aliphatic heterocycles. The minimum atomic E-state index is -0.0623. The lowest BCUT2D eigenvalue weighted by Gasteiger charge is -2.11. The Bertz CT molecular complexity index is 621. The predicted molar refractivity (Wildman–Crippen MR) is 79.6 cm³/mol. The van der Waals surface area contributed by atoms with Crippen LogP contribution in [0.15, 0.2) is 10.9 Å². The third kappa shape index (κ3) is 3.09. The van der Waals surface area contributed by atoms with Gasteiger partial charge < -0.3 is 4.74 Å². The van der Waals surface area contributed by atoms with Gasteiger partial charge in [-0.15, -0.1) is 11.3 Å². The van der Waals surface area contributed by atoms with Gasteiger partial charge in [-0.25, -0.2) is 0 Å². The molecule has 0 aromatic carbocycles. The molecule has 2 aromatic heterocycles. The summed E-state index contributed by atoms with van der Waals surface area (Å²) in [6, 6.07) is 2.09. The highest BCUT2D eigenvalue weighted by Crippen LogP contribution is 2.27. The molecule has 0 amide bonds. The molecule has 2 aromatic rings. The minimum absolute atomic E-state index is 0.0623. The Labute approximate surface area is 121 Å². The van der Waals surface area contributed by atoms with Gasteiger partial charge in [0.25, 0.3) is 5.56 Å². The Morgan fingerprint density at radius 1 is 1.42 bits per heavy atom. The number of thiophene rings is 1. The minimum Gasteiger partial charge on any atom is -0.465 e. The van der Waals surface area contributed by atoms with Crippen LogP contribution in [0.25, 0.3) is 10.2 Å². The molecule has 0 bridgehead atoms. The van der Waals surface area contributed by atoms with Crippen molar-refractivity contribution in [1.29, 1.82) is 0 Å². The van der Waals surface area contributed by atoms with Crippen LogP contribution >= 0.6 is 22.9 Å². The summed E-state index contributed by atoms with van der Waals surface area (Å²) in [4.78, 5) is 17.5. The third-order valence-corrected chi connectivity index (χ3v) is 3.91. The van der Waals surface area contributed by atoms with Crippen molar-refractivity contribution < 1.29 is 4.74 Å². The predicted octanol–water partition coefficient (Wildman–Crippen LogP) is 3.70. The Morgan fingerprint density at radius 2 is 2.21 bits per heavy atom. The smallest absolute Gasteiger partial charge is 0.300 e. The fourth-order valence-electron chi connectivity index (χ4n) is 1.78. The van der Waals surface area contributed by atoms with Crippen LogP contribution in [-0.2, 0) is 6.54 Å². The first kappa shape index (κ1) is 14.3. The van der Waals surface area contributed by atoms with Gasteiger partial charge in [0.2, 0.25) is 0 Å². The number of ether oxygens (including phenoxy) is 1. The molecular formula is C13H17ClN2O2S. The van der Waals surface area contributed by atoms with Crippen LogP contribution in [0.2, 0.25) is 4.34 Å². The summed E-state index contributed by atoms with van der Waals surface area (Å²) in [5, 5.41) is 0.579. The van der Waals surface area contributed by atoms with E-state index in [2.05, 4.69) is 11.9 Å². The van der Waals surface area contributed by atoms with Crippen LogP contribution in [0.4, 0.5) is 0 Å². The van der Waals surface area contributed by atoms with E-state index in [9.17, 15) is 4.79 Å². The van der Waals surface area contributed by atoms with E-state index in [4.69, 9.17) is 16.3 Å². The molecule has 0 spiro atoms. The third-order valence-electron chi connectivity index (χ3n) is 2.76. The summed E-state index contributed by atoms with van der Waals surface area (Å²) in [6.07, 6.45) is 2.82. The van der Waals surface area contributed by atoms with Gasteiger partial charge in [-0.2, -0.15) is 4.98 Å². The molecule has 0 saturated heterocycles. The molecule has 0 aliphatic carbocycles. The number of aromatic nitrogens is 2. The maximum atomic E-state index is 12.4. The van der Waals surface area contributed by atoms with Crippen LogP contribution in [0.5, 0.6) is 6.01 Å². The summed E-state index contributed by atoms with van der Waals surface area (Å²) in [6.45, 7) is 5.30. The van der Waals surface area contributed by atoms with Crippen molar-refractivity contribution in [2.75, 3.05) is 6.61 Å². The Hall–Kier alpha value is -1.07. The summed E-state index contributed by atoms with van der Waals surface area (Å²) in [5.74, 6) is 0. The van der Waals surface area contributed by atoms with Crippen molar-refractivity contribution in [3.63, 3.8) is 0 Å². The van der Waals surface area contributed by atoms with Crippen LogP contribution in [0, 0.1) is 0 Å². The van der Waals surface area contributed by atoms with Crippen LogP contribution in [0.1, 0.15) is 33.1 Å². The van der Waals surface area contributed by atoms with E-state index in [1.54, 1.807) is 10.6 Å². The fourth-order valence-corrected chi connectivity index (χ4v) is 2.85. The largest absolute Gasteiger partial charge is 0.465 e. The van der Waals surface area contributed by atoms with Crippen molar-refractivity contribution >= 4 is 33.2 Å². The van der Waals surface area contributed by atoms with E-state index in [-0.39, 0.29) is 5.56 Å². The van der Waals surface area contributed by atoms with Gasteiger partial charge >= 0.3 is 6.01 Å². The van der Waals surface area contributed by atoms with E-state index in [0.29, 0.717) is 33.7 Å². The highest BCUT2D eigenvalue weighted by Gasteiger charge is 2.14. The van der Waals surface area contributed by atoms with Gasteiger partial charge in [-0.05, 0) is 18.9 Å². The first-order chi connectivity index (χ1) is 9.17. The second-order valence-electron chi connectivity index (χ2n) is 4.32. The molecule has 19 heavy (non-hydrogen) atoms. The molecular weight excluding hydrogens is 284 g/mol. The Morgan fingerprint density at radius 3 is 2.89 bits per heavy atom. The van der Waals surface area contributed by atoms with Crippen molar-refractivity contribution in [3.8, 4) is 6.01 Å². The number of hydrogen-bond donors (Lipinski definition) is 0. The monoisotopic (exact) mass is 300 g/mol. The number of unbranched alkanes of at least 4 members (excludes halogenated alkanes) is 1. The molecule has 104 valence electrons. The van der Waals surface area contributed by atoms with Crippen LogP contribution < -0.4 is 10.3 Å². The molecule has 0 atom stereocenters. The zero-order valence-electron chi connectivity index (χ0n) is 11.1. The lowest BCUT2D eigenvalue weighted by atomic mass is 10.3. The highest BCUT2D eigenvalue weighted by atomic mass is 35.5. The van der Waals surface area contributed by atoms with E-state index in [1.807, 2.05) is 6.92 Å². The summed E-state index contributed by atoms with van der Waals surface area (Å²) >= 11 is 7.27. The van der Waals surface area contributed by atoms with Gasteiger partial charge in [0.05, 0.1) is 16.3 Å². The lowest BCUT2D eigenvalue weighted by molar-refractivity contribution is 0.272. The SMILES string of the molecule is CCCCn1c(OCCC)nc2sc(Cl)cc2c1=O. The number of nitrogens with zero attached hydrogens (tertiary/aromatic N) is 2. The molecule has 0 radical (unpaired) electrons. The molecule has 0 saturated carbocycles. The second-order valence-corrected chi connectivity index (χ2v) is 5.98. The van der Waals surface area contributed by atoms with E-state index in [0.717, 1.165) is 19.3 Å². The molecule has 0 aliphatic rings. The molecule has 4 nitrogen and oxygen atoms in total. The molecule has 0 unspecified atom stereocenters. The number of hydrogen-bond acceptors (Lipinski definition) is 4. The lowest BCUT2D eigenvalue weighted by Crippen LogP contribution is -2.23. The van der Waals surface area contributed by atoms with Crippen molar-refractivity contribution in [3.05, 3.63) is 20.8 Å². The zero-order chi connectivity index (χ0) is 13.8. The van der Waals surface area contributed by atoms with Gasteiger partial charge in [0.15, 0.2) is 0 Å². The van der Waals surface area contributed by atoms with Gasteiger partial charge in [0.1, 0.15) is 4.83 Å². The molecule has 2 rings (SSSR count). The summed E-state index contributed by atoms with van der Waals surface area (Å²) in [5.41, 5.74) is -0.0623. The second kappa shape index (κ2) is 6.39. The summed E-state index contributed by atoms with van der Waals surface area (Å²) in [7, 11) is 0. The first-order valence-corrected chi connectivity index (χ1v) is 7.69. The van der Waals surface area contributed by atoms with Gasteiger partial charge in [-0.3, -0.25) is 9.36 Å². The summed E-state index contributed by atoms with van der Waals surface area (Å²) < 4.78 is 7.79. The maximum Gasteiger partial charge on any atom is 0.300 e. The van der Waals surface area contributed by atoms with Crippen LogP contribution in [0.3, 0.4) is 0 Å². The number of halogens is 1. The number of rotatable bonds is 6. The topological polar surface area (TPSA) is 44.1 Å². The maximum absolute atomic E-state index is 12.4. The molecule has 6 heteroatoms. The molecule has 0 N–H and O–H groups in total. The van der Waals surface area contributed by atoms with E-state index >= 15 is 0 Å². The van der Waals surface area contributed by atoms with Gasteiger partial charge in [-0.1, -0.05) is 31.9 Å². The molecule has 2 heterocycles. The zero-order valence-corrected chi connectivity index (χ0v) is 12.7. The van der Waals surface area contributed by atoms with Crippen molar-refractivity contribution in [2.45, 2.75) is 39.7 Å². The van der Waals surface area contributed by atoms with E-state index in [1.165, 1.54) is 11.3 Å². The van der Waals surface area contributed by atoms with Crippen molar-refractivity contribution in [2.24, 2.45) is 0 Å².